The molecular formula is C25H32FN3O3. The SMILES string of the molecule is C/C=C/c1cnc2c(c1)C(=O)N([C@@H](C)CO)C[C@@H](C)[C@H](CN(C)Cc1ccc(F)cc1)O2. The van der Waals surface area contributed by atoms with E-state index < -0.39 is 0 Å². The fourth-order valence-electron chi connectivity index (χ4n) is 3.89. The average Bonchev–Trinajstić information content (AvgIpc) is 2.77. The van der Waals surface area contributed by atoms with Crippen LogP contribution in [0.15, 0.2) is 42.6 Å². The number of rotatable bonds is 7. The molecule has 172 valence electrons. The number of aromatic nitrogens is 1. The number of amides is 1. The smallest absolute Gasteiger partial charge is 0.259 e. The van der Waals surface area contributed by atoms with Gasteiger partial charge in [0.05, 0.1) is 12.6 Å². The quantitative estimate of drug-likeness (QED) is 0.711. The number of fused-ring (bicyclic) bond motifs is 1. The molecule has 3 rings (SSSR count). The van der Waals surface area contributed by atoms with Crippen molar-refractivity contribution < 1.29 is 19.0 Å². The van der Waals surface area contributed by atoms with Gasteiger partial charge in [-0.2, -0.15) is 0 Å². The van der Waals surface area contributed by atoms with E-state index in [1.165, 1.54) is 12.1 Å². The maximum absolute atomic E-state index is 13.3. The lowest BCUT2D eigenvalue weighted by atomic mass is 9.99. The van der Waals surface area contributed by atoms with Crippen molar-refractivity contribution in [2.75, 3.05) is 26.7 Å². The zero-order valence-corrected chi connectivity index (χ0v) is 19.2. The molecule has 0 spiro atoms. The number of pyridine rings is 1. The lowest BCUT2D eigenvalue weighted by Gasteiger charge is -2.37. The number of halogens is 1. The fraction of sp³-hybridized carbons (Fsp3) is 0.440. The van der Waals surface area contributed by atoms with Gasteiger partial charge in [0.25, 0.3) is 5.91 Å². The van der Waals surface area contributed by atoms with Crippen LogP contribution >= 0.6 is 0 Å². The van der Waals surface area contributed by atoms with Gasteiger partial charge >= 0.3 is 0 Å². The van der Waals surface area contributed by atoms with Crippen LogP contribution in [0.4, 0.5) is 4.39 Å². The number of benzene rings is 1. The van der Waals surface area contributed by atoms with Crippen LogP contribution in [0.1, 0.15) is 42.3 Å². The van der Waals surface area contributed by atoms with Gasteiger partial charge < -0.3 is 14.7 Å². The van der Waals surface area contributed by atoms with E-state index in [-0.39, 0.29) is 36.4 Å². The molecule has 1 amide bonds. The summed E-state index contributed by atoms with van der Waals surface area (Å²) in [5.74, 6) is -0.125. The Bertz CT molecular complexity index is 948. The summed E-state index contributed by atoms with van der Waals surface area (Å²) >= 11 is 0. The van der Waals surface area contributed by atoms with Crippen molar-refractivity contribution in [2.45, 2.75) is 39.5 Å². The maximum atomic E-state index is 13.3. The van der Waals surface area contributed by atoms with Crippen molar-refractivity contribution in [2.24, 2.45) is 5.92 Å². The second kappa shape index (κ2) is 10.7. The van der Waals surface area contributed by atoms with Crippen molar-refractivity contribution in [3.05, 3.63) is 65.1 Å². The molecule has 0 unspecified atom stereocenters. The standard InChI is InChI=1S/C25H32FN3O3/c1-5-6-20-11-22-24(27-12-20)32-23(17(2)13-29(25(22)31)18(3)16-30)15-28(4)14-19-7-9-21(26)10-8-19/h5-12,17-18,23,30H,13-16H2,1-4H3/b6-5+/t17-,18+,23+/m1/s1. The van der Waals surface area contributed by atoms with Crippen LogP contribution in [0, 0.1) is 11.7 Å². The Hall–Kier alpha value is -2.77. The molecule has 2 aromatic rings. The highest BCUT2D eigenvalue weighted by Gasteiger charge is 2.34. The van der Waals surface area contributed by atoms with Gasteiger partial charge in [-0.3, -0.25) is 9.69 Å². The zero-order chi connectivity index (χ0) is 23.3. The highest BCUT2D eigenvalue weighted by Crippen LogP contribution is 2.28. The summed E-state index contributed by atoms with van der Waals surface area (Å²) in [7, 11) is 1.99. The van der Waals surface area contributed by atoms with Crippen LogP contribution in [-0.2, 0) is 6.54 Å². The summed E-state index contributed by atoms with van der Waals surface area (Å²) < 4.78 is 19.5. The van der Waals surface area contributed by atoms with Gasteiger partial charge in [-0.15, -0.1) is 0 Å². The van der Waals surface area contributed by atoms with Crippen LogP contribution in [0.2, 0.25) is 0 Å². The first-order chi connectivity index (χ1) is 15.3. The molecule has 1 aromatic heterocycles. The molecule has 1 N–H and O–H groups in total. The van der Waals surface area contributed by atoms with Crippen LogP contribution in [0.25, 0.3) is 6.08 Å². The van der Waals surface area contributed by atoms with Crippen molar-refractivity contribution in [1.29, 1.82) is 0 Å². The van der Waals surface area contributed by atoms with Crippen LogP contribution in [-0.4, -0.2) is 64.7 Å². The van der Waals surface area contributed by atoms with E-state index in [0.29, 0.717) is 31.1 Å². The second-order valence-electron chi connectivity index (χ2n) is 8.57. The van der Waals surface area contributed by atoms with Crippen LogP contribution in [0.5, 0.6) is 5.88 Å². The number of likely N-dealkylation sites (N-methyl/N-ethyl adjacent to an activating group) is 1. The minimum atomic E-state index is -0.320. The largest absolute Gasteiger partial charge is 0.472 e. The zero-order valence-electron chi connectivity index (χ0n) is 19.2. The summed E-state index contributed by atoms with van der Waals surface area (Å²) in [6.45, 7) is 7.37. The maximum Gasteiger partial charge on any atom is 0.259 e. The van der Waals surface area contributed by atoms with E-state index >= 15 is 0 Å². The Kier molecular flexibility index (Phi) is 7.99. The third-order valence-electron chi connectivity index (χ3n) is 5.76. The third kappa shape index (κ3) is 5.72. The average molecular weight is 442 g/mol. The monoisotopic (exact) mass is 441 g/mol. The van der Waals surface area contributed by atoms with Gasteiger partial charge in [0.15, 0.2) is 0 Å². The van der Waals surface area contributed by atoms with Gasteiger partial charge in [-0.05, 0) is 50.2 Å². The Labute approximate surface area is 189 Å². The van der Waals surface area contributed by atoms with Crippen molar-refractivity contribution >= 4 is 12.0 Å². The van der Waals surface area contributed by atoms with Gasteiger partial charge in [0, 0.05) is 31.7 Å². The van der Waals surface area contributed by atoms with Crippen LogP contribution < -0.4 is 4.74 Å². The van der Waals surface area contributed by atoms with Crippen molar-refractivity contribution in [3.8, 4) is 5.88 Å². The molecular weight excluding hydrogens is 409 g/mol. The summed E-state index contributed by atoms with van der Waals surface area (Å²) in [5.41, 5.74) is 2.23. The molecule has 1 aliphatic rings. The number of carbonyl (C=O) groups excluding carboxylic acids is 1. The molecule has 1 aromatic carbocycles. The highest BCUT2D eigenvalue weighted by molar-refractivity contribution is 5.97. The van der Waals surface area contributed by atoms with Crippen molar-refractivity contribution in [3.63, 3.8) is 0 Å². The number of allylic oxidation sites excluding steroid dienone is 1. The first kappa shape index (κ1) is 23.9. The topological polar surface area (TPSA) is 65.9 Å². The summed E-state index contributed by atoms with van der Waals surface area (Å²) in [5, 5.41) is 9.75. The number of nitrogens with zero attached hydrogens (tertiary/aromatic N) is 3. The minimum absolute atomic E-state index is 0.00813. The summed E-state index contributed by atoms with van der Waals surface area (Å²) in [6, 6.07) is 7.94. The Balaban J connectivity index is 1.88. The molecule has 0 aliphatic carbocycles. The predicted octanol–water partition coefficient (Wildman–Crippen LogP) is 3.61. The van der Waals surface area contributed by atoms with Gasteiger partial charge in [-0.25, -0.2) is 9.37 Å². The lowest BCUT2D eigenvalue weighted by molar-refractivity contribution is 0.0325. The van der Waals surface area contributed by atoms with Crippen LogP contribution in [0.3, 0.4) is 0 Å². The molecule has 6 nitrogen and oxygen atoms in total. The minimum Gasteiger partial charge on any atom is -0.472 e. The van der Waals surface area contributed by atoms with E-state index in [4.69, 9.17) is 4.74 Å². The predicted molar refractivity (Wildman–Crippen MR) is 123 cm³/mol. The molecule has 7 heteroatoms. The number of carbonyl (C=O) groups is 1. The Morgan fingerprint density at radius 1 is 1.38 bits per heavy atom. The van der Waals surface area contributed by atoms with E-state index in [9.17, 15) is 14.3 Å². The highest BCUT2D eigenvalue weighted by atomic mass is 19.1. The first-order valence-electron chi connectivity index (χ1n) is 11.0. The molecule has 32 heavy (non-hydrogen) atoms. The van der Waals surface area contributed by atoms with Gasteiger partial charge in [-0.1, -0.05) is 31.2 Å². The molecule has 0 saturated carbocycles. The summed E-state index contributed by atoms with van der Waals surface area (Å²) in [4.78, 5) is 21.6. The van der Waals surface area contributed by atoms with Gasteiger partial charge in [0.1, 0.15) is 17.5 Å². The van der Waals surface area contributed by atoms with E-state index in [0.717, 1.165) is 11.1 Å². The number of aliphatic hydroxyl groups is 1. The fourth-order valence-corrected chi connectivity index (χ4v) is 3.89. The molecule has 2 heterocycles. The molecule has 1 aliphatic heterocycles. The number of aliphatic hydroxyl groups excluding tert-OH is 1. The first-order valence-corrected chi connectivity index (χ1v) is 11.0. The lowest BCUT2D eigenvalue weighted by Crippen LogP contribution is -2.49. The number of hydrogen-bond acceptors (Lipinski definition) is 5. The van der Waals surface area contributed by atoms with E-state index in [2.05, 4.69) is 9.88 Å². The molecule has 0 bridgehead atoms. The Morgan fingerprint density at radius 2 is 2.09 bits per heavy atom. The number of hydrogen-bond donors (Lipinski definition) is 1. The molecule has 0 saturated heterocycles. The third-order valence-corrected chi connectivity index (χ3v) is 5.76. The second-order valence-corrected chi connectivity index (χ2v) is 8.57. The number of ether oxygens (including phenoxy) is 1. The molecule has 0 radical (unpaired) electrons. The molecule has 3 atom stereocenters. The molecule has 0 fully saturated rings. The summed E-state index contributed by atoms with van der Waals surface area (Å²) in [6.07, 6.45) is 5.25. The van der Waals surface area contributed by atoms with Gasteiger partial charge in [0.2, 0.25) is 5.88 Å². The van der Waals surface area contributed by atoms with E-state index in [1.54, 1.807) is 29.3 Å². The van der Waals surface area contributed by atoms with E-state index in [1.807, 2.05) is 40.0 Å². The Morgan fingerprint density at radius 3 is 2.75 bits per heavy atom. The normalized spacial score (nSPS) is 20.1. The van der Waals surface area contributed by atoms with Crippen molar-refractivity contribution in [1.82, 2.24) is 14.8 Å².